The molecule has 2 N–H and O–H groups in total. The van der Waals surface area contributed by atoms with Gasteiger partial charge in [0.25, 0.3) is 5.56 Å². The molecule has 1 saturated carbocycles. The Morgan fingerprint density at radius 3 is 2.74 bits per heavy atom. The van der Waals surface area contributed by atoms with Gasteiger partial charge in [0, 0.05) is 24.1 Å². The molecule has 1 aliphatic rings. The minimum Gasteiger partial charge on any atom is -0.310 e. The topological polar surface area (TPSA) is 57.8 Å². The van der Waals surface area contributed by atoms with Gasteiger partial charge in [-0.05, 0) is 46.0 Å². The largest absolute Gasteiger partial charge is 0.310 e. The number of nitrogens with zero attached hydrogens (tertiary/aromatic N) is 1. The lowest BCUT2D eigenvalue weighted by Gasteiger charge is -2.20. The van der Waals surface area contributed by atoms with Gasteiger partial charge in [-0.25, -0.2) is 4.98 Å². The van der Waals surface area contributed by atoms with Crippen LogP contribution in [0.4, 0.5) is 0 Å². The first kappa shape index (κ1) is 14.3. The molecule has 106 valence electrons. The minimum absolute atomic E-state index is 0.0322. The summed E-state index contributed by atoms with van der Waals surface area (Å²) in [5, 5.41) is 3.38. The third-order valence-corrected chi connectivity index (χ3v) is 3.69. The molecule has 4 heteroatoms. The Bertz CT molecular complexity index is 487. The van der Waals surface area contributed by atoms with E-state index in [1.165, 1.54) is 6.42 Å². The van der Waals surface area contributed by atoms with E-state index in [0.717, 1.165) is 30.3 Å². The normalized spacial score (nSPS) is 23.8. The molecule has 0 saturated heterocycles. The van der Waals surface area contributed by atoms with Gasteiger partial charge >= 0.3 is 0 Å². The van der Waals surface area contributed by atoms with E-state index < -0.39 is 0 Å². The van der Waals surface area contributed by atoms with Crippen LogP contribution < -0.4 is 10.9 Å². The Labute approximate surface area is 115 Å². The highest BCUT2D eigenvalue weighted by Crippen LogP contribution is 2.35. The second-order valence-electron chi connectivity index (χ2n) is 6.84. The monoisotopic (exact) mass is 263 g/mol. The van der Waals surface area contributed by atoms with Crippen molar-refractivity contribution in [2.45, 2.75) is 65.0 Å². The van der Waals surface area contributed by atoms with Crippen LogP contribution in [0.15, 0.2) is 10.9 Å². The summed E-state index contributed by atoms with van der Waals surface area (Å²) in [5.74, 6) is 2.05. The number of H-pyrrole nitrogens is 1. The number of aromatic amines is 1. The van der Waals surface area contributed by atoms with Gasteiger partial charge in [-0.15, -0.1) is 0 Å². The first-order valence-electron chi connectivity index (χ1n) is 7.18. The first-order valence-corrected chi connectivity index (χ1v) is 7.18. The lowest BCUT2D eigenvalue weighted by molar-refractivity contribution is 0.420. The van der Waals surface area contributed by atoms with E-state index in [9.17, 15) is 4.79 Å². The third-order valence-electron chi connectivity index (χ3n) is 3.69. The zero-order chi connectivity index (χ0) is 14.0. The van der Waals surface area contributed by atoms with Crippen molar-refractivity contribution >= 4 is 0 Å². The molecule has 1 fully saturated rings. The van der Waals surface area contributed by atoms with E-state index in [-0.39, 0.29) is 11.1 Å². The van der Waals surface area contributed by atoms with Crippen molar-refractivity contribution in [3.8, 4) is 0 Å². The fraction of sp³-hybridized carbons (Fsp3) is 0.733. The van der Waals surface area contributed by atoms with Crippen LogP contribution in [-0.4, -0.2) is 15.5 Å². The average Bonchev–Trinajstić information content (AvgIpc) is 2.72. The summed E-state index contributed by atoms with van der Waals surface area (Å²) in [5.41, 5.74) is 0.843. The van der Waals surface area contributed by atoms with Crippen molar-refractivity contribution in [3.05, 3.63) is 27.9 Å². The fourth-order valence-corrected chi connectivity index (χ4v) is 2.62. The number of nitrogens with one attached hydrogen (secondary N) is 2. The summed E-state index contributed by atoms with van der Waals surface area (Å²) < 4.78 is 0. The van der Waals surface area contributed by atoms with Gasteiger partial charge in [-0.2, -0.15) is 0 Å². The summed E-state index contributed by atoms with van der Waals surface area (Å²) in [6.07, 6.45) is 3.51. The Kier molecular flexibility index (Phi) is 4.09. The number of rotatable bonds is 3. The van der Waals surface area contributed by atoms with Crippen LogP contribution in [0.1, 0.15) is 64.4 Å². The predicted molar refractivity (Wildman–Crippen MR) is 77.2 cm³/mol. The van der Waals surface area contributed by atoms with Crippen LogP contribution in [0.2, 0.25) is 0 Å². The van der Waals surface area contributed by atoms with Crippen molar-refractivity contribution in [3.63, 3.8) is 0 Å². The number of aromatic nitrogens is 2. The first-order chi connectivity index (χ1) is 8.83. The molecule has 2 atom stereocenters. The lowest BCUT2D eigenvalue weighted by atomic mass is 10.1. The van der Waals surface area contributed by atoms with Crippen LogP contribution >= 0.6 is 0 Å². The Morgan fingerprint density at radius 1 is 1.42 bits per heavy atom. The Balaban J connectivity index is 2.13. The van der Waals surface area contributed by atoms with E-state index in [1.54, 1.807) is 6.07 Å². The van der Waals surface area contributed by atoms with Crippen LogP contribution in [0.3, 0.4) is 0 Å². The molecule has 0 spiro atoms. The fourth-order valence-electron chi connectivity index (χ4n) is 2.62. The van der Waals surface area contributed by atoms with Gasteiger partial charge in [-0.3, -0.25) is 4.79 Å². The van der Waals surface area contributed by atoms with Crippen LogP contribution in [-0.2, 0) is 6.54 Å². The Morgan fingerprint density at radius 2 is 2.16 bits per heavy atom. The summed E-state index contributed by atoms with van der Waals surface area (Å²) in [4.78, 5) is 19.3. The molecule has 0 bridgehead atoms. The quantitative estimate of drug-likeness (QED) is 0.881. The molecular weight excluding hydrogens is 238 g/mol. The zero-order valence-electron chi connectivity index (χ0n) is 12.4. The third kappa shape index (κ3) is 4.16. The second-order valence-corrected chi connectivity index (χ2v) is 6.84. The summed E-state index contributed by atoms with van der Waals surface area (Å²) in [6, 6.07) is 1.60. The van der Waals surface area contributed by atoms with E-state index in [1.807, 2.05) is 0 Å². The van der Waals surface area contributed by atoms with Gasteiger partial charge < -0.3 is 10.3 Å². The second kappa shape index (κ2) is 5.45. The van der Waals surface area contributed by atoms with Gasteiger partial charge in [0.05, 0.1) is 5.69 Å². The van der Waals surface area contributed by atoms with Crippen molar-refractivity contribution in [1.82, 2.24) is 15.3 Å². The van der Waals surface area contributed by atoms with Crippen LogP contribution in [0.25, 0.3) is 0 Å². The van der Waals surface area contributed by atoms with E-state index >= 15 is 0 Å². The van der Waals surface area contributed by atoms with Crippen LogP contribution in [0.5, 0.6) is 0 Å². The molecule has 1 aliphatic carbocycles. The highest BCUT2D eigenvalue weighted by molar-refractivity contribution is 5.08. The molecule has 0 amide bonds. The lowest BCUT2D eigenvalue weighted by Crippen LogP contribution is -2.35. The van der Waals surface area contributed by atoms with E-state index in [0.29, 0.717) is 12.5 Å². The summed E-state index contributed by atoms with van der Waals surface area (Å²) in [6.45, 7) is 9.24. The number of hydrogen-bond donors (Lipinski definition) is 2. The predicted octanol–water partition coefficient (Wildman–Crippen LogP) is 2.56. The molecule has 1 aromatic heterocycles. The van der Waals surface area contributed by atoms with E-state index in [4.69, 9.17) is 0 Å². The molecule has 0 aromatic carbocycles. The molecule has 1 heterocycles. The van der Waals surface area contributed by atoms with E-state index in [2.05, 4.69) is 43.0 Å². The number of hydrogen-bond acceptors (Lipinski definition) is 3. The van der Waals surface area contributed by atoms with Crippen molar-refractivity contribution in [2.75, 3.05) is 0 Å². The average molecular weight is 263 g/mol. The standard InChI is InChI=1S/C15H25N3O/c1-10-5-6-11(7-10)14-17-12(8-13(19)18-14)9-16-15(2,3)4/h8,10-11,16H,5-7,9H2,1-4H3,(H,17,18,19). The molecule has 1 aromatic rings. The van der Waals surface area contributed by atoms with Crippen molar-refractivity contribution < 1.29 is 0 Å². The van der Waals surface area contributed by atoms with Crippen molar-refractivity contribution in [2.24, 2.45) is 5.92 Å². The SMILES string of the molecule is CC1CCC(c2nc(CNC(C)(C)C)cc(=O)[nH]2)C1. The maximum Gasteiger partial charge on any atom is 0.251 e. The van der Waals surface area contributed by atoms with Gasteiger partial charge in [0.2, 0.25) is 0 Å². The molecule has 2 unspecified atom stereocenters. The highest BCUT2D eigenvalue weighted by Gasteiger charge is 2.25. The molecule has 19 heavy (non-hydrogen) atoms. The summed E-state index contributed by atoms with van der Waals surface area (Å²) >= 11 is 0. The highest BCUT2D eigenvalue weighted by atomic mass is 16.1. The molecular formula is C15H25N3O. The zero-order valence-corrected chi connectivity index (χ0v) is 12.4. The maximum atomic E-state index is 11.8. The van der Waals surface area contributed by atoms with Gasteiger partial charge in [0.15, 0.2) is 0 Å². The van der Waals surface area contributed by atoms with Gasteiger partial charge in [0.1, 0.15) is 5.82 Å². The molecule has 0 aliphatic heterocycles. The van der Waals surface area contributed by atoms with Crippen LogP contribution in [0, 0.1) is 5.92 Å². The van der Waals surface area contributed by atoms with Gasteiger partial charge in [-0.1, -0.05) is 6.92 Å². The molecule has 2 rings (SSSR count). The van der Waals surface area contributed by atoms with Crippen molar-refractivity contribution in [1.29, 1.82) is 0 Å². The minimum atomic E-state index is -0.0322. The molecule has 0 radical (unpaired) electrons. The smallest absolute Gasteiger partial charge is 0.251 e. The summed E-state index contributed by atoms with van der Waals surface area (Å²) in [7, 11) is 0. The molecule has 4 nitrogen and oxygen atoms in total. The Hall–Kier alpha value is -1.16. The maximum absolute atomic E-state index is 11.8.